The summed E-state index contributed by atoms with van der Waals surface area (Å²) in [5.41, 5.74) is 5.67. The molecule has 0 fully saturated rings. The molecule has 0 bridgehead atoms. The van der Waals surface area contributed by atoms with Crippen molar-refractivity contribution in [2.45, 2.75) is 0 Å². The standard InChI is InChI=1S/C15H11NO5/c16-10-4-1-8(2-5-10)13(17)9-3-6-11(14(18)19)12(7-9)15(20)21/h1-7H,16H2,(H,18,19)(H,20,21). The zero-order valence-corrected chi connectivity index (χ0v) is 10.7. The lowest BCUT2D eigenvalue weighted by molar-refractivity contribution is 0.0651. The highest BCUT2D eigenvalue weighted by Crippen LogP contribution is 2.17. The number of carbonyl (C=O) groups is 3. The largest absolute Gasteiger partial charge is 0.478 e. The van der Waals surface area contributed by atoms with Gasteiger partial charge in [0.2, 0.25) is 0 Å². The number of nitrogens with two attached hydrogens (primary N) is 1. The summed E-state index contributed by atoms with van der Waals surface area (Å²) in [6.07, 6.45) is 0. The van der Waals surface area contributed by atoms with E-state index in [0.29, 0.717) is 11.3 Å². The van der Waals surface area contributed by atoms with Crippen LogP contribution in [-0.2, 0) is 0 Å². The molecule has 21 heavy (non-hydrogen) atoms. The Morgan fingerprint density at radius 1 is 0.762 bits per heavy atom. The van der Waals surface area contributed by atoms with Crippen molar-refractivity contribution >= 4 is 23.4 Å². The topological polar surface area (TPSA) is 118 Å². The minimum absolute atomic E-state index is 0.0992. The van der Waals surface area contributed by atoms with Gasteiger partial charge in [-0.25, -0.2) is 9.59 Å². The lowest BCUT2D eigenvalue weighted by Crippen LogP contribution is -2.11. The summed E-state index contributed by atoms with van der Waals surface area (Å²) >= 11 is 0. The Kier molecular flexibility index (Phi) is 3.71. The maximum absolute atomic E-state index is 12.2. The Morgan fingerprint density at radius 2 is 1.29 bits per heavy atom. The summed E-state index contributed by atoms with van der Waals surface area (Å²) in [7, 11) is 0. The summed E-state index contributed by atoms with van der Waals surface area (Å²) in [4.78, 5) is 34.3. The van der Waals surface area contributed by atoms with Gasteiger partial charge in [-0.05, 0) is 36.4 Å². The summed E-state index contributed by atoms with van der Waals surface area (Å²) in [6.45, 7) is 0. The van der Waals surface area contributed by atoms with E-state index in [-0.39, 0.29) is 11.1 Å². The number of rotatable bonds is 4. The molecule has 2 rings (SSSR count). The van der Waals surface area contributed by atoms with Crippen LogP contribution in [0.2, 0.25) is 0 Å². The van der Waals surface area contributed by atoms with Crippen LogP contribution in [0.15, 0.2) is 42.5 Å². The second-order valence-electron chi connectivity index (χ2n) is 4.32. The number of hydrogen-bond acceptors (Lipinski definition) is 4. The number of hydrogen-bond donors (Lipinski definition) is 3. The van der Waals surface area contributed by atoms with Crippen molar-refractivity contribution < 1.29 is 24.6 Å². The molecule has 106 valence electrons. The second kappa shape index (κ2) is 5.46. The molecule has 6 nitrogen and oxygen atoms in total. The number of anilines is 1. The van der Waals surface area contributed by atoms with Gasteiger partial charge < -0.3 is 15.9 Å². The van der Waals surface area contributed by atoms with Gasteiger partial charge in [0, 0.05) is 16.8 Å². The van der Waals surface area contributed by atoms with Gasteiger partial charge in [-0.1, -0.05) is 6.07 Å². The van der Waals surface area contributed by atoms with Crippen LogP contribution in [0.5, 0.6) is 0 Å². The van der Waals surface area contributed by atoms with Gasteiger partial charge in [-0.15, -0.1) is 0 Å². The van der Waals surface area contributed by atoms with Crippen molar-refractivity contribution in [1.29, 1.82) is 0 Å². The molecule has 0 atom stereocenters. The molecule has 2 aromatic rings. The lowest BCUT2D eigenvalue weighted by Gasteiger charge is -2.06. The van der Waals surface area contributed by atoms with Gasteiger partial charge in [-0.2, -0.15) is 0 Å². The van der Waals surface area contributed by atoms with Crippen molar-refractivity contribution in [2.75, 3.05) is 5.73 Å². The Labute approximate surface area is 119 Å². The van der Waals surface area contributed by atoms with Crippen molar-refractivity contribution in [3.63, 3.8) is 0 Å². The van der Waals surface area contributed by atoms with E-state index in [0.717, 1.165) is 12.1 Å². The van der Waals surface area contributed by atoms with Crippen LogP contribution in [0.4, 0.5) is 5.69 Å². The summed E-state index contributed by atoms with van der Waals surface area (Å²) in [6, 6.07) is 9.59. The molecule has 0 aliphatic heterocycles. The number of carboxylic acids is 2. The summed E-state index contributed by atoms with van der Waals surface area (Å²) in [5.74, 6) is -3.17. The molecule has 0 unspecified atom stereocenters. The Hall–Kier alpha value is -3.15. The minimum atomic E-state index is -1.40. The Balaban J connectivity index is 2.47. The van der Waals surface area contributed by atoms with E-state index in [1.807, 2.05) is 0 Å². The van der Waals surface area contributed by atoms with Gasteiger partial charge >= 0.3 is 11.9 Å². The molecular weight excluding hydrogens is 274 g/mol. The van der Waals surface area contributed by atoms with Crippen LogP contribution in [0.1, 0.15) is 36.6 Å². The molecule has 2 aromatic carbocycles. The smallest absolute Gasteiger partial charge is 0.336 e. The van der Waals surface area contributed by atoms with Gasteiger partial charge in [0.15, 0.2) is 5.78 Å². The molecule has 0 spiro atoms. The molecule has 6 heteroatoms. The third-order valence-electron chi connectivity index (χ3n) is 2.92. The van der Waals surface area contributed by atoms with Crippen LogP contribution in [-0.4, -0.2) is 27.9 Å². The summed E-state index contributed by atoms with van der Waals surface area (Å²) < 4.78 is 0. The van der Waals surface area contributed by atoms with Crippen molar-refractivity contribution in [2.24, 2.45) is 0 Å². The maximum Gasteiger partial charge on any atom is 0.336 e. The molecule has 0 saturated carbocycles. The van der Waals surface area contributed by atoms with Crippen LogP contribution < -0.4 is 5.73 Å². The molecule has 0 radical (unpaired) electrons. The monoisotopic (exact) mass is 285 g/mol. The van der Waals surface area contributed by atoms with Gasteiger partial charge in [0.1, 0.15) is 0 Å². The average molecular weight is 285 g/mol. The third-order valence-corrected chi connectivity index (χ3v) is 2.92. The number of aromatic carboxylic acids is 2. The van der Waals surface area contributed by atoms with Crippen LogP contribution in [0.3, 0.4) is 0 Å². The van der Waals surface area contributed by atoms with E-state index in [1.165, 1.54) is 18.2 Å². The van der Waals surface area contributed by atoms with E-state index in [1.54, 1.807) is 12.1 Å². The number of carboxylic acid groups (broad SMARTS) is 2. The lowest BCUT2D eigenvalue weighted by atomic mass is 9.98. The molecule has 0 aliphatic rings. The average Bonchev–Trinajstić information content (AvgIpc) is 2.46. The van der Waals surface area contributed by atoms with E-state index in [4.69, 9.17) is 15.9 Å². The van der Waals surface area contributed by atoms with Gasteiger partial charge in [-0.3, -0.25) is 4.79 Å². The molecule has 0 saturated heterocycles. The summed E-state index contributed by atoms with van der Waals surface area (Å²) in [5, 5.41) is 18.0. The first kappa shape index (κ1) is 14.3. The molecule has 0 aliphatic carbocycles. The highest BCUT2D eigenvalue weighted by atomic mass is 16.4. The quantitative estimate of drug-likeness (QED) is 0.583. The van der Waals surface area contributed by atoms with Crippen molar-refractivity contribution in [1.82, 2.24) is 0 Å². The SMILES string of the molecule is Nc1ccc(C(=O)c2ccc(C(=O)O)c(C(=O)O)c2)cc1. The highest BCUT2D eigenvalue weighted by Gasteiger charge is 2.19. The third kappa shape index (κ3) is 2.89. The van der Waals surface area contributed by atoms with Gasteiger partial charge in [0.05, 0.1) is 11.1 Å². The molecule has 4 N–H and O–H groups in total. The van der Waals surface area contributed by atoms with Crippen molar-refractivity contribution in [3.05, 3.63) is 64.7 Å². The predicted molar refractivity (Wildman–Crippen MR) is 74.6 cm³/mol. The van der Waals surface area contributed by atoms with E-state index in [2.05, 4.69) is 0 Å². The molecule has 0 amide bonds. The van der Waals surface area contributed by atoms with Crippen LogP contribution in [0.25, 0.3) is 0 Å². The maximum atomic E-state index is 12.2. The fourth-order valence-corrected chi connectivity index (χ4v) is 1.85. The molecule has 0 heterocycles. The molecular formula is C15H11NO5. The fraction of sp³-hybridized carbons (Fsp3) is 0. The Bertz CT molecular complexity index is 734. The first-order chi connectivity index (χ1) is 9.90. The first-order valence-electron chi connectivity index (χ1n) is 5.91. The predicted octanol–water partition coefficient (Wildman–Crippen LogP) is 1.90. The van der Waals surface area contributed by atoms with E-state index >= 15 is 0 Å². The van der Waals surface area contributed by atoms with Crippen LogP contribution in [0, 0.1) is 0 Å². The normalized spacial score (nSPS) is 10.1. The Morgan fingerprint density at radius 3 is 1.81 bits per heavy atom. The zero-order valence-electron chi connectivity index (χ0n) is 10.7. The highest BCUT2D eigenvalue weighted by molar-refractivity contribution is 6.11. The first-order valence-corrected chi connectivity index (χ1v) is 5.91. The van der Waals surface area contributed by atoms with E-state index < -0.39 is 23.3 Å². The number of benzene rings is 2. The number of nitrogen functional groups attached to an aromatic ring is 1. The van der Waals surface area contributed by atoms with Gasteiger partial charge in [0.25, 0.3) is 0 Å². The number of carbonyl (C=O) groups excluding carboxylic acids is 1. The molecule has 0 aromatic heterocycles. The van der Waals surface area contributed by atoms with Crippen molar-refractivity contribution in [3.8, 4) is 0 Å². The minimum Gasteiger partial charge on any atom is -0.478 e. The van der Waals surface area contributed by atoms with Crippen LogP contribution >= 0.6 is 0 Å². The number of ketones is 1. The van der Waals surface area contributed by atoms with E-state index in [9.17, 15) is 14.4 Å². The second-order valence-corrected chi connectivity index (χ2v) is 4.32. The zero-order chi connectivity index (χ0) is 15.6. The fourth-order valence-electron chi connectivity index (χ4n) is 1.85.